The van der Waals surface area contributed by atoms with Gasteiger partial charge in [0, 0.05) is 30.0 Å². The summed E-state index contributed by atoms with van der Waals surface area (Å²) in [5.74, 6) is 0. The molecule has 0 aliphatic heterocycles. The van der Waals surface area contributed by atoms with E-state index in [4.69, 9.17) is 0 Å². The van der Waals surface area contributed by atoms with Gasteiger partial charge in [0.2, 0.25) is 5.43 Å². The first kappa shape index (κ1) is 21.4. The summed E-state index contributed by atoms with van der Waals surface area (Å²) in [6, 6.07) is 27.3. The normalized spacial score (nSPS) is 10.5. The Balaban J connectivity index is 0.00000245. The first-order chi connectivity index (χ1) is 15.3. The lowest BCUT2D eigenvalue weighted by atomic mass is 10.2. The summed E-state index contributed by atoms with van der Waals surface area (Å²) in [4.78, 5) is 12.6. The Hall–Kier alpha value is -3.84. The van der Waals surface area contributed by atoms with Crippen LogP contribution in [0.15, 0.2) is 115 Å². The van der Waals surface area contributed by atoms with Gasteiger partial charge in [0.05, 0.1) is 23.3 Å². The van der Waals surface area contributed by atoms with Gasteiger partial charge in [0.1, 0.15) is 0 Å². The minimum Gasteiger partial charge on any atom is -1.00 e. The van der Waals surface area contributed by atoms with Crippen LogP contribution in [-0.4, -0.2) is 19.6 Å². The average molecular weight is 486 g/mol. The van der Waals surface area contributed by atoms with Crippen LogP contribution in [0.1, 0.15) is 5.56 Å². The molecule has 7 heteroatoms. The molecule has 158 valence electrons. The maximum absolute atomic E-state index is 12.6. The highest BCUT2D eigenvalue weighted by Gasteiger charge is 2.14. The number of aromatic nitrogens is 5. The van der Waals surface area contributed by atoms with Crippen molar-refractivity contribution in [3.63, 3.8) is 0 Å². The second kappa shape index (κ2) is 9.53. The zero-order valence-corrected chi connectivity index (χ0v) is 18.7. The molecule has 0 bridgehead atoms. The standard InChI is InChI=1S/C25H20N5O.BrH/c31-24-14-18-29(21-12-16-28(17-13-21)19-20-7-3-1-4-8-20)27-25(24)23-11-15-26-30(23)22-9-5-2-6-10-22;/h1-18H,19H2;1H/q+1;/p-1. The Labute approximate surface area is 195 Å². The first-order valence-electron chi connectivity index (χ1n) is 10.0. The van der Waals surface area contributed by atoms with E-state index in [1.54, 1.807) is 27.8 Å². The molecule has 0 amide bonds. The molecule has 0 aliphatic rings. The van der Waals surface area contributed by atoms with E-state index in [1.807, 2.05) is 73.1 Å². The lowest BCUT2D eigenvalue weighted by Crippen LogP contribution is -3.00. The number of rotatable bonds is 5. The van der Waals surface area contributed by atoms with Gasteiger partial charge in [-0.3, -0.25) is 4.79 Å². The Morgan fingerprint density at radius 2 is 1.47 bits per heavy atom. The van der Waals surface area contributed by atoms with Crippen molar-refractivity contribution < 1.29 is 21.5 Å². The Kier molecular flexibility index (Phi) is 6.37. The highest BCUT2D eigenvalue weighted by Crippen LogP contribution is 2.18. The number of pyridine rings is 1. The highest BCUT2D eigenvalue weighted by molar-refractivity contribution is 5.57. The topological polar surface area (TPSA) is 56.6 Å². The number of para-hydroxylation sites is 1. The van der Waals surface area contributed by atoms with Crippen molar-refractivity contribution in [3.05, 3.63) is 126 Å². The van der Waals surface area contributed by atoms with Crippen LogP contribution in [0.5, 0.6) is 0 Å². The predicted molar refractivity (Wildman–Crippen MR) is 118 cm³/mol. The van der Waals surface area contributed by atoms with E-state index in [2.05, 4.69) is 26.9 Å². The minimum absolute atomic E-state index is 0. The molecule has 3 aromatic heterocycles. The molecule has 0 fully saturated rings. The van der Waals surface area contributed by atoms with Crippen LogP contribution in [0.3, 0.4) is 0 Å². The first-order valence-corrected chi connectivity index (χ1v) is 10.0. The Morgan fingerprint density at radius 3 is 2.19 bits per heavy atom. The molecule has 0 radical (unpaired) electrons. The van der Waals surface area contributed by atoms with Crippen LogP contribution >= 0.6 is 0 Å². The fraction of sp³-hybridized carbons (Fsp3) is 0.0400. The van der Waals surface area contributed by atoms with E-state index in [-0.39, 0.29) is 22.4 Å². The quantitative estimate of drug-likeness (QED) is 0.339. The molecule has 0 spiro atoms. The highest BCUT2D eigenvalue weighted by atomic mass is 79.9. The molecular weight excluding hydrogens is 466 g/mol. The molecule has 0 saturated carbocycles. The zero-order chi connectivity index (χ0) is 21.0. The van der Waals surface area contributed by atoms with Crippen molar-refractivity contribution in [2.45, 2.75) is 6.54 Å². The van der Waals surface area contributed by atoms with Gasteiger partial charge in [-0.1, -0.05) is 48.5 Å². The van der Waals surface area contributed by atoms with Crippen molar-refractivity contribution in [2.24, 2.45) is 0 Å². The predicted octanol–water partition coefficient (Wildman–Crippen LogP) is 0.425. The summed E-state index contributed by atoms with van der Waals surface area (Å²) in [5.41, 5.74) is 3.84. The fourth-order valence-corrected chi connectivity index (χ4v) is 3.49. The average Bonchev–Trinajstić information content (AvgIpc) is 3.31. The molecular formula is C25H20BrN5O. The maximum atomic E-state index is 12.6. The number of hydrogen-bond donors (Lipinski definition) is 0. The van der Waals surface area contributed by atoms with Crippen molar-refractivity contribution >= 4 is 0 Å². The molecule has 0 saturated heterocycles. The molecule has 32 heavy (non-hydrogen) atoms. The summed E-state index contributed by atoms with van der Waals surface area (Å²) in [5, 5.41) is 9.00. The van der Waals surface area contributed by atoms with Gasteiger partial charge in [-0.25, -0.2) is 13.9 Å². The van der Waals surface area contributed by atoms with Crippen molar-refractivity contribution in [1.82, 2.24) is 19.6 Å². The molecule has 0 aliphatic carbocycles. The van der Waals surface area contributed by atoms with Crippen LogP contribution in [0, 0.1) is 0 Å². The van der Waals surface area contributed by atoms with E-state index in [0.29, 0.717) is 11.4 Å². The second-order valence-corrected chi connectivity index (χ2v) is 7.15. The smallest absolute Gasteiger partial charge is 0.209 e. The van der Waals surface area contributed by atoms with E-state index in [9.17, 15) is 4.79 Å². The van der Waals surface area contributed by atoms with E-state index >= 15 is 0 Å². The summed E-state index contributed by atoms with van der Waals surface area (Å²) in [6.45, 7) is 0.792. The SMILES string of the molecule is O=c1ccn(-c2cc[n+](Cc3ccccc3)cc2)nc1-c1ccnn1-c1ccccc1.[Br-]. The second-order valence-electron chi connectivity index (χ2n) is 7.15. The van der Waals surface area contributed by atoms with E-state index in [0.717, 1.165) is 17.9 Å². The van der Waals surface area contributed by atoms with Gasteiger partial charge in [0.25, 0.3) is 0 Å². The van der Waals surface area contributed by atoms with Gasteiger partial charge in [-0.2, -0.15) is 10.2 Å². The van der Waals surface area contributed by atoms with Crippen LogP contribution in [0.4, 0.5) is 0 Å². The summed E-state index contributed by atoms with van der Waals surface area (Å²) < 4.78 is 5.55. The monoisotopic (exact) mass is 485 g/mol. The third kappa shape index (κ3) is 4.43. The molecule has 5 rings (SSSR count). The summed E-state index contributed by atoms with van der Waals surface area (Å²) >= 11 is 0. The lowest BCUT2D eigenvalue weighted by molar-refractivity contribution is -0.688. The molecule has 6 nitrogen and oxygen atoms in total. The van der Waals surface area contributed by atoms with Gasteiger partial charge >= 0.3 is 0 Å². The molecule has 3 heterocycles. The summed E-state index contributed by atoms with van der Waals surface area (Å²) in [6.07, 6.45) is 7.38. The third-order valence-corrected chi connectivity index (χ3v) is 5.04. The van der Waals surface area contributed by atoms with Crippen LogP contribution < -0.4 is 27.0 Å². The van der Waals surface area contributed by atoms with Crippen LogP contribution in [-0.2, 0) is 6.54 Å². The van der Waals surface area contributed by atoms with Crippen molar-refractivity contribution in [3.8, 4) is 22.8 Å². The van der Waals surface area contributed by atoms with Gasteiger partial charge in [-0.05, 0) is 18.2 Å². The molecule has 5 aromatic rings. The van der Waals surface area contributed by atoms with E-state index < -0.39 is 0 Å². The number of halogens is 1. The Morgan fingerprint density at radius 1 is 0.781 bits per heavy atom. The molecule has 0 N–H and O–H groups in total. The van der Waals surface area contributed by atoms with E-state index in [1.165, 1.54) is 11.6 Å². The maximum Gasteiger partial charge on any atom is 0.209 e. The molecule has 0 atom stereocenters. The minimum atomic E-state index is -0.149. The summed E-state index contributed by atoms with van der Waals surface area (Å²) in [7, 11) is 0. The van der Waals surface area contributed by atoms with Crippen molar-refractivity contribution in [2.75, 3.05) is 0 Å². The fourth-order valence-electron chi connectivity index (χ4n) is 3.49. The number of hydrogen-bond acceptors (Lipinski definition) is 3. The lowest BCUT2D eigenvalue weighted by Gasteiger charge is -2.09. The van der Waals surface area contributed by atoms with Crippen LogP contribution in [0.2, 0.25) is 0 Å². The molecule has 2 aromatic carbocycles. The number of benzene rings is 2. The van der Waals surface area contributed by atoms with Gasteiger partial charge in [0.15, 0.2) is 24.6 Å². The third-order valence-electron chi connectivity index (χ3n) is 5.04. The van der Waals surface area contributed by atoms with Crippen LogP contribution in [0.25, 0.3) is 22.8 Å². The Bertz CT molecular complexity index is 1360. The zero-order valence-electron chi connectivity index (χ0n) is 17.1. The van der Waals surface area contributed by atoms with Gasteiger partial charge in [-0.15, -0.1) is 0 Å². The number of nitrogens with zero attached hydrogens (tertiary/aromatic N) is 5. The van der Waals surface area contributed by atoms with Gasteiger partial charge < -0.3 is 17.0 Å². The van der Waals surface area contributed by atoms with Crippen molar-refractivity contribution in [1.29, 1.82) is 0 Å². The molecule has 0 unspecified atom stereocenters. The largest absolute Gasteiger partial charge is 1.00 e.